The van der Waals surface area contributed by atoms with Crippen molar-refractivity contribution in [2.24, 2.45) is 0 Å². The Balaban J connectivity index is 1.82. The number of carbonyl (C=O) groups is 1. The van der Waals surface area contributed by atoms with Crippen molar-refractivity contribution in [1.29, 1.82) is 0 Å². The van der Waals surface area contributed by atoms with Crippen LogP contribution in [0.5, 0.6) is 0 Å². The van der Waals surface area contributed by atoms with Crippen molar-refractivity contribution in [3.05, 3.63) is 53.5 Å². The van der Waals surface area contributed by atoms with Crippen LogP contribution >= 0.6 is 0 Å². The highest BCUT2D eigenvalue weighted by Gasteiger charge is 2.18. The highest BCUT2D eigenvalue weighted by molar-refractivity contribution is 5.97. The number of rotatable bonds is 2. The molecule has 1 aliphatic rings. The summed E-state index contributed by atoms with van der Waals surface area (Å²) in [6, 6.07) is 7.72. The molecule has 0 radical (unpaired) electrons. The van der Waals surface area contributed by atoms with Gasteiger partial charge in [-0.25, -0.2) is 4.98 Å². The molecule has 0 atom stereocenters. The molecule has 0 spiro atoms. The first-order valence-corrected chi connectivity index (χ1v) is 7.11. The minimum absolute atomic E-state index is 0.0275. The van der Waals surface area contributed by atoms with Crippen molar-refractivity contribution in [2.45, 2.75) is 13.3 Å². The molecule has 110 valence electrons. The van der Waals surface area contributed by atoms with Gasteiger partial charge in [0.25, 0.3) is 5.91 Å². The summed E-state index contributed by atoms with van der Waals surface area (Å²) in [5.74, 6) is 1.24. The van der Waals surface area contributed by atoms with Crippen molar-refractivity contribution in [2.75, 3.05) is 6.54 Å². The van der Waals surface area contributed by atoms with E-state index < -0.39 is 0 Å². The van der Waals surface area contributed by atoms with E-state index >= 15 is 0 Å². The molecule has 0 fully saturated rings. The van der Waals surface area contributed by atoms with Crippen molar-refractivity contribution < 1.29 is 9.32 Å². The molecule has 3 aromatic rings. The fourth-order valence-corrected chi connectivity index (χ4v) is 2.71. The molecule has 1 amide bonds. The van der Waals surface area contributed by atoms with Gasteiger partial charge in [0.15, 0.2) is 5.82 Å². The number of aryl methyl sites for hydroxylation is 1. The number of benzene rings is 1. The zero-order valence-corrected chi connectivity index (χ0v) is 12.0. The van der Waals surface area contributed by atoms with Crippen molar-refractivity contribution in [3.8, 4) is 17.3 Å². The molecular weight excluding hydrogens is 280 g/mol. The lowest BCUT2D eigenvalue weighted by Gasteiger charge is -2.17. The molecule has 1 aromatic carbocycles. The van der Waals surface area contributed by atoms with E-state index in [9.17, 15) is 4.79 Å². The van der Waals surface area contributed by atoms with Crippen LogP contribution in [0.25, 0.3) is 17.3 Å². The lowest BCUT2D eigenvalue weighted by molar-refractivity contribution is 0.0946. The quantitative estimate of drug-likeness (QED) is 0.785. The lowest BCUT2D eigenvalue weighted by Crippen LogP contribution is -2.31. The monoisotopic (exact) mass is 294 g/mol. The zero-order chi connectivity index (χ0) is 15.1. The highest BCUT2D eigenvalue weighted by Crippen LogP contribution is 2.24. The molecule has 0 saturated carbocycles. The van der Waals surface area contributed by atoms with E-state index in [-0.39, 0.29) is 5.91 Å². The Labute approximate surface area is 126 Å². The van der Waals surface area contributed by atoms with Crippen LogP contribution in [0.1, 0.15) is 21.6 Å². The Hall–Kier alpha value is -2.89. The van der Waals surface area contributed by atoms with Gasteiger partial charge in [-0.2, -0.15) is 0 Å². The number of nitrogens with zero attached hydrogens (tertiary/aromatic N) is 3. The van der Waals surface area contributed by atoms with E-state index in [1.54, 1.807) is 6.20 Å². The van der Waals surface area contributed by atoms with E-state index in [4.69, 9.17) is 4.52 Å². The summed E-state index contributed by atoms with van der Waals surface area (Å²) < 4.78 is 7.18. The number of aromatic nitrogens is 3. The highest BCUT2D eigenvalue weighted by atomic mass is 16.5. The van der Waals surface area contributed by atoms with Gasteiger partial charge in [0.05, 0.1) is 5.69 Å². The van der Waals surface area contributed by atoms with E-state index in [2.05, 4.69) is 15.5 Å². The molecular formula is C16H14N4O2. The smallest absolute Gasteiger partial charge is 0.251 e. The Kier molecular flexibility index (Phi) is 2.82. The average Bonchev–Trinajstić information content (AvgIpc) is 3.16. The van der Waals surface area contributed by atoms with Crippen LogP contribution in [0.15, 0.2) is 41.2 Å². The Bertz CT molecular complexity index is 863. The third-order valence-electron chi connectivity index (χ3n) is 3.79. The van der Waals surface area contributed by atoms with Crippen LogP contribution in [0, 0.1) is 6.92 Å². The minimum Gasteiger partial charge on any atom is -0.353 e. The molecule has 6 nitrogen and oxygen atoms in total. The van der Waals surface area contributed by atoms with Gasteiger partial charge in [-0.15, -0.1) is 0 Å². The minimum atomic E-state index is -0.0275. The molecule has 2 aromatic heterocycles. The molecule has 0 bridgehead atoms. The van der Waals surface area contributed by atoms with Crippen LogP contribution < -0.4 is 5.32 Å². The summed E-state index contributed by atoms with van der Waals surface area (Å²) in [4.78, 5) is 16.3. The van der Waals surface area contributed by atoms with Gasteiger partial charge in [0.1, 0.15) is 0 Å². The SMILES string of the molecule is Cc1cc(-c2nccn2-c2ccc3c(c2)C(=O)NCC3)on1. The number of hydrogen-bond acceptors (Lipinski definition) is 4. The molecule has 6 heteroatoms. The lowest BCUT2D eigenvalue weighted by atomic mass is 10.00. The second kappa shape index (κ2) is 4.84. The van der Waals surface area contributed by atoms with Crippen LogP contribution in [-0.2, 0) is 6.42 Å². The summed E-state index contributed by atoms with van der Waals surface area (Å²) in [5.41, 5.74) is 3.47. The number of carbonyl (C=O) groups excluding carboxylic acids is 1. The van der Waals surface area contributed by atoms with Crippen molar-refractivity contribution in [3.63, 3.8) is 0 Å². The third kappa shape index (κ3) is 2.00. The summed E-state index contributed by atoms with van der Waals surface area (Å²) >= 11 is 0. The zero-order valence-electron chi connectivity index (χ0n) is 12.0. The second-order valence-electron chi connectivity index (χ2n) is 5.30. The fraction of sp³-hybridized carbons (Fsp3) is 0.188. The first-order chi connectivity index (χ1) is 10.7. The standard InChI is InChI=1S/C16H14N4O2/c1-10-8-14(22-19-10)15-17-6-7-20(15)12-3-2-11-4-5-18-16(21)13(11)9-12/h2-3,6-9H,4-5H2,1H3,(H,18,21). The molecule has 1 aliphatic heterocycles. The number of hydrogen-bond donors (Lipinski definition) is 1. The predicted octanol–water partition coefficient (Wildman–Crippen LogP) is 2.12. The van der Waals surface area contributed by atoms with Gasteiger partial charge < -0.3 is 9.84 Å². The molecule has 3 heterocycles. The molecule has 0 saturated heterocycles. The number of fused-ring (bicyclic) bond motifs is 1. The third-order valence-corrected chi connectivity index (χ3v) is 3.79. The topological polar surface area (TPSA) is 73.0 Å². The maximum Gasteiger partial charge on any atom is 0.251 e. The summed E-state index contributed by atoms with van der Waals surface area (Å²) in [6.45, 7) is 2.56. The van der Waals surface area contributed by atoms with Crippen LogP contribution in [0.3, 0.4) is 0 Å². The van der Waals surface area contributed by atoms with Gasteiger partial charge in [0.2, 0.25) is 5.76 Å². The maximum atomic E-state index is 12.0. The Morgan fingerprint density at radius 1 is 1.32 bits per heavy atom. The second-order valence-corrected chi connectivity index (χ2v) is 5.30. The van der Waals surface area contributed by atoms with Crippen molar-refractivity contribution >= 4 is 5.91 Å². The van der Waals surface area contributed by atoms with Crippen LogP contribution in [-0.4, -0.2) is 27.2 Å². The van der Waals surface area contributed by atoms with Gasteiger partial charge in [-0.05, 0) is 31.0 Å². The number of nitrogens with one attached hydrogen (secondary N) is 1. The number of amides is 1. The fourth-order valence-electron chi connectivity index (χ4n) is 2.71. The molecule has 0 unspecified atom stereocenters. The normalized spacial score (nSPS) is 13.8. The summed E-state index contributed by atoms with van der Waals surface area (Å²) in [5, 5.41) is 6.77. The maximum absolute atomic E-state index is 12.0. The largest absolute Gasteiger partial charge is 0.353 e. The van der Waals surface area contributed by atoms with Crippen molar-refractivity contribution in [1.82, 2.24) is 20.0 Å². The van der Waals surface area contributed by atoms with E-state index in [1.165, 1.54) is 0 Å². The first-order valence-electron chi connectivity index (χ1n) is 7.11. The van der Waals surface area contributed by atoms with E-state index in [1.807, 2.05) is 42.0 Å². The predicted molar refractivity (Wildman–Crippen MR) is 79.8 cm³/mol. The molecule has 1 N–H and O–H groups in total. The van der Waals surface area contributed by atoms with Crippen LogP contribution in [0.2, 0.25) is 0 Å². The Morgan fingerprint density at radius 3 is 3.05 bits per heavy atom. The van der Waals surface area contributed by atoms with Gasteiger partial charge in [-0.1, -0.05) is 11.2 Å². The van der Waals surface area contributed by atoms with E-state index in [0.717, 1.165) is 28.9 Å². The van der Waals surface area contributed by atoms with Gasteiger partial charge >= 0.3 is 0 Å². The van der Waals surface area contributed by atoms with Crippen LogP contribution in [0.4, 0.5) is 0 Å². The van der Waals surface area contributed by atoms with E-state index in [0.29, 0.717) is 18.1 Å². The molecule has 4 rings (SSSR count). The van der Waals surface area contributed by atoms with Gasteiger partial charge in [0, 0.05) is 36.3 Å². The first kappa shape index (κ1) is 12.8. The Morgan fingerprint density at radius 2 is 2.23 bits per heavy atom. The summed E-state index contributed by atoms with van der Waals surface area (Å²) in [7, 11) is 0. The molecule has 0 aliphatic carbocycles. The average molecular weight is 294 g/mol. The summed E-state index contributed by atoms with van der Waals surface area (Å²) in [6.07, 6.45) is 4.40. The van der Waals surface area contributed by atoms with Gasteiger partial charge in [-0.3, -0.25) is 9.36 Å². The number of imidazole rings is 1. The molecule has 22 heavy (non-hydrogen) atoms.